The van der Waals surface area contributed by atoms with Crippen molar-refractivity contribution in [3.63, 3.8) is 0 Å². The summed E-state index contributed by atoms with van der Waals surface area (Å²) in [5.41, 5.74) is 7.84. The predicted molar refractivity (Wildman–Crippen MR) is 59.5 cm³/mol. The van der Waals surface area contributed by atoms with E-state index < -0.39 is 12.6 Å². The Morgan fingerprint density at radius 3 is 2.50 bits per heavy atom. The van der Waals surface area contributed by atoms with Crippen molar-refractivity contribution in [1.82, 2.24) is 0 Å². The fourth-order valence-electron chi connectivity index (χ4n) is 1.47. The molecule has 0 saturated carbocycles. The number of benzene rings is 1. The van der Waals surface area contributed by atoms with Gasteiger partial charge in [-0.1, -0.05) is 6.07 Å². The van der Waals surface area contributed by atoms with Crippen molar-refractivity contribution in [3.8, 4) is 0 Å². The number of anilines is 2. The molecule has 0 heterocycles. The summed E-state index contributed by atoms with van der Waals surface area (Å²) < 4.78 is 36.2. The number of nitrogens with two attached hydrogens (primary N) is 1. The third kappa shape index (κ3) is 3.32. The van der Waals surface area contributed by atoms with Crippen molar-refractivity contribution < 1.29 is 13.2 Å². The van der Waals surface area contributed by atoms with E-state index in [4.69, 9.17) is 5.73 Å². The number of hydrogen-bond donors (Lipinski definition) is 1. The van der Waals surface area contributed by atoms with E-state index in [-0.39, 0.29) is 6.54 Å². The van der Waals surface area contributed by atoms with E-state index in [9.17, 15) is 13.2 Å². The third-order valence-corrected chi connectivity index (χ3v) is 2.49. The standard InChI is InChI=1S/C11H15F3N2/c1-8-9(15)4-3-5-10(8)16(2)7-6-11(12,13)14/h3-5H,6-7,15H2,1-2H3. The molecule has 0 radical (unpaired) electrons. The van der Waals surface area contributed by atoms with Crippen molar-refractivity contribution in [2.24, 2.45) is 0 Å². The second-order valence-corrected chi connectivity index (χ2v) is 3.78. The SMILES string of the molecule is Cc1c(N)cccc1N(C)CCC(F)(F)F. The van der Waals surface area contributed by atoms with Crippen LogP contribution in [0.15, 0.2) is 18.2 Å². The molecule has 0 bridgehead atoms. The van der Waals surface area contributed by atoms with Crippen LogP contribution in [0.2, 0.25) is 0 Å². The molecule has 0 aliphatic rings. The minimum atomic E-state index is -4.12. The third-order valence-electron chi connectivity index (χ3n) is 2.49. The van der Waals surface area contributed by atoms with Gasteiger partial charge in [-0.15, -0.1) is 0 Å². The maximum atomic E-state index is 12.1. The van der Waals surface area contributed by atoms with E-state index in [1.807, 2.05) is 0 Å². The summed E-state index contributed by atoms with van der Waals surface area (Å²) in [6.07, 6.45) is -4.94. The van der Waals surface area contributed by atoms with Crippen LogP contribution in [0.1, 0.15) is 12.0 Å². The molecular weight excluding hydrogens is 217 g/mol. The lowest BCUT2D eigenvalue weighted by Crippen LogP contribution is -2.24. The van der Waals surface area contributed by atoms with Crippen LogP contribution in [0.5, 0.6) is 0 Å². The first-order chi connectivity index (χ1) is 7.31. The number of nitrogens with zero attached hydrogens (tertiary/aromatic N) is 1. The second kappa shape index (κ2) is 4.63. The smallest absolute Gasteiger partial charge is 0.390 e. The molecular formula is C11H15F3N2. The summed E-state index contributed by atoms with van der Waals surface area (Å²) in [7, 11) is 1.63. The van der Waals surface area contributed by atoms with E-state index in [2.05, 4.69) is 0 Å². The minimum absolute atomic E-state index is 0.0617. The van der Waals surface area contributed by atoms with Crippen molar-refractivity contribution in [1.29, 1.82) is 0 Å². The summed E-state index contributed by atoms with van der Waals surface area (Å²) in [4.78, 5) is 1.57. The van der Waals surface area contributed by atoms with Crippen LogP contribution in [0, 0.1) is 6.92 Å². The summed E-state index contributed by atoms with van der Waals surface area (Å²) in [6, 6.07) is 5.24. The Balaban J connectivity index is 2.73. The average molecular weight is 232 g/mol. The van der Waals surface area contributed by atoms with Crippen molar-refractivity contribution in [2.75, 3.05) is 24.2 Å². The molecule has 0 fully saturated rings. The van der Waals surface area contributed by atoms with Crippen molar-refractivity contribution in [3.05, 3.63) is 23.8 Å². The molecule has 90 valence electrons. The van der Waals surface area contributed by atoms with Gasteiger partial charge in [0.1, 0.15) is 0 Å². The number of rotatable bonds is 3. The van der Waals surface area contributed by atoms with E-state index in [0.29, 0.717) is 5.69 Å². The van der Waals surface area contributed by atoms with Gasteiger partial charge in [0.2, 0.25) is 0 Å². The van der Waals surface area contributed by atoms with Gasteiger partial charge in [0.05, 0.1) is 6.42 Å². The van der Waals surface area contributed by atoms with Gasteiger partial charge in [-0.2, -0.15) is 13.2 Å². The van der Waals surface area contributed by atoms with E-state index >= 15 is 0 Å². The van der Waals surface area contributed by atoms with Crippen molar-refractivity contribution in [2.45, 2.75) is 19.5 Å². The van der Waals surface area contributed by atoms with Gasteiger partial charge in [0, 0.05) is 25.0 Å². The lowest BCUT2D eigenvalue weighted by atomic mass is 10.1. The first kappa shape index (κ1) is 12.7. The average Bonchev–Trinajstić information content (AvgIpc) is 2.17. The van der Waals surface area contributed by atoms with Gasteiger partial charge < -0.3 is 10.6 Å². The molecule has 0 aliphatic heterocycles. The Bertz CT molecular complexity index is 361. The first-order valence-electron chi connectivity index (χ1n) is 4.94. The number of halogens is 3. The van der Waals surface area contributed by atoms with Crippen LogP contribution >= 0.6 is 0 Å². The van der Waals surface area contributed by atoms with Crippen LogP contribution in [-0.4, -0.2) is 19.8 Å². The van der Waals surface area contributed by atoms with Crippen LogP contribution in [-0.2, 0) is 0 Å². The van der Waals surface area contributed by atoms with Crippen LogP contribution in [0.3, 0.4) is 0 Å². The highest BCUT2D eigenvalue weighted by molar-refractivity contribution is 5.63. The van der Waals surface area contributed by atoms with E-state index in [1.165, 1.54) is 0 Å². The summed E-state index contributed by atoms with van der Waals surface area (Å²) >= 11 is 0. The molecule has 2 N–H and O–H groups in total. The molecule has 0 amide bonds. The van der Waals surface area contributed by atoms with Gasteiger partial charge in [-0.25, -0.2) is 0 Å². The zero-order chi connectivity index (χ0) is 12.3. The molecule has 0 spiro atoms. The topological polar surface area (TPSA) is 29.3 Å². The van der Waals surface area contributed by atoms with Crippen LogP contribution in [0.4, 0.5) is 24.5 Å². The lowest BCUT2D eigenvalue weighted by molar-refractivity contribution is -0.132. The van der Waals surface area contributed by atoms with Gasteiger partial charge in [-0.3, -0.25) is 0 Å². The zero-order valence-electron chi connectivity index (χ0n) is 9.30. The monoisotopic (exact) mass is 232 g/mol. The predicted octanol–water partition coefficient (Wildman–Crippen LogP) is 2.97. The first-order valence-corrected chi connectivity index (χ1v) is 4.94. The molecule has 1 aromatic rings. The fourth-order valence-corrected chi connectivity index (χ4v) is 1.47. The second-order valence-electron chi connectivity index (χ2n) is 3.78. The Morgan fingerprint density at radius 2 is 1.94 bits per heavy atom. The molecule has 2 nitrogen and oxygen atoms in total. The highest BCUT2D eigenvalue weighted by Crippen LogP contribution is 2.26. The molecule has 0 atom stereocenters. The number of hydrogen-bond acceptors (Lipinski definition) is 2. The largest absolute Gasteiger partial charge is 0.398 e. The Labute approximate surface area is 92.9 Å². The Hall–Kier alpha value is -1.39. The molecule has 0 saturated heterocycles. The maximum Gasteiger partial charge on any atom is 0.390 e. The summed E-state index contributed by atoms with van der Waals surface area (Å²) in [5, 5.41) is 0. The Morgan fingerprint density at radius 1 is 1.31 bits per heavy atom. The minimum Gasteiger partial charge on any atom is -0.398 e. The van der Waals surface area contributed by atoms with Crippen LogP contribution in [0.25, 0.3) is 0 Å². The molecule has 1 rings (SSSR count). The quantitative estimate of drug-likeness (QED) is 0.812. The fraction of sp³-hybridized carbons (Fsp3) is 0.455. The highest BCUT2D eigenvalue weighted by Gasteiger charge is 2.27. The molecule has 1 aromatic carbocycles. The van der Waals surface area contributed by atoms with E-state index in [0.717, 1.165) is 11.3 Å². The van der Waals surface area contributed by atoms with Gasteiger partial charge >= 0.3 is 6.18 Å². The zero-order valence-corrected chi connectivity index (χ0v) is 9.30. The molecule has 0 unspecified atom stereocenters. The van der Waals surface area contributed by atoms with Crippen LogP contribution < -0.4 is 10.6 Å². The van der Waals surface area contributed by atoms with Crippen molar-refractivity contribution >= 4 is 11.4 Å². The maximum absolute atomic E-state index is 12.1. The molecule has 0 aliphatic carbocycles. The van der Waals surface area contributed by atoms with Gasteiger partial charge in [0.15, 0.2) is 0 Å². The van der Waals surface area contributed by atoms with Gasteiger partial charge in [0.25, 0.3) is 0 Å². The molecule has 16 heavy (non-hydrogen) atoms. The molecule has 0 aromatic heterocycles. The summed E-state index contributed by atoms with van der Waals surface area (Å²) in [6.45, 7) is 1.74. The lowest BCUT2D eigenvalue weighted by Gasteiger charge is -2.22. The number of alkyl halides is 3. The molecule has 5 heteroatoms. The Kier molecular flexibility index (Phi) is 3.67. The summed E-state index contributed by atoms with van der Waals surface area (Å²) in [5.74, 6) is 0. The number of nitrogen functional groups attached to an aromatic ring is 1. The highest BCUT2D eigenvalue weighted by atomic mass is 19.4. The van der Waals surface area contributed by atoms with E-state index in [1.54, 1.807) is 37.1 Å². The van der Waals surface area contributed by atoms with Gasteiger partial charge in [-0.05, 0) is 24.6 Å². The normalized spacial score (nSPS) is 11.6.